The van der Waals surface area contributed by atoms with Crippen molar-refractivity contribution in [2.45, 2.75) is 18.9 Å². The lowest BCUT2D eigenvalue weighted by Gasteiger charge is -2.24. The summed E-state index contributed by atoms with van der Waals surface area (Å²) < 4.78 is 0. The highest BCUT2D eigenvalue weighted by atomic mass is 35.5. The van der Waals surface area contributed by atoms with E-state index in [0.29, 0.717) is 6.54 Å². The second-order valence-corrected chi connectivity index (χ2v) is 5.63. The van der Waals surface area contributed by atoms with Crippen LogP contribution in [0.4, 0.5) is 0 Å². The van der Waals surface area contributed by atoms with Crippen molar-refractivity contribution >= 4 is 11.6 Å². The van der Waals surface area contributed by atoms with Crippen LogP contribution in [0, 0.1) is 0 Å². The minimum absolute atomic E-state index is 0.532. The van der Waals surface area contributed by atoms with E-state index in [9.17, 15) is 5.11 Å². The van der Waals surface area contributed by atoms with Crippen LogP contribution < -0.4 is 5.32 Å². The number of rotatable bonds is 6. The molecule has 0 aliphatic rings. The van der Waals surface area contributed by atoms with Crippen LogP contribution in [0.3, 0.4) is 0 Å². The molecule has 106 valence electrons. The molecule has 2 aromatic carbocycles. The molecule has 2 aromatic rings. The molecular weight excluding hydrogens is 270 g/mol. The van der Waals surface area contributed by atoms with Crippen LogP contribution >= 0.6 is 11.6 Å². The van der Waals surface area contributed by atoms with Crippen molar-refractivity contribution in [3.63, 3.8) is 0 Å². The Morgan fingerprint density at radius 1 is 1.05 bits per heavy atom. The van der Waals surface area contributed by atoms with Gasteiger partial charge in [0.25, 0.3) is 0 Å². The Morgan fingerprint density at radius 2 is 1.70 bits per heavy atom. The van der Waals surface area contributed by atoms with Crippen molar-refractivity contribution in [1.82, 2.24) is 5.32 Å². The third kappa shape index (κ3) is 4.34. The molecule has 3 heteroatoms. The summed E-state index contributed by atoms with van der Waals surface area (Å²) in [4.78, 5) is 0. The molecule has 0 saturated carbocycles. The summed E-state index contributed by atoms with van der Waals surface area (Å²) in [6, 6.07) is 17.6. The van der Waals surface area contributed by atoms with Crippen LogP contribution in [-0.2, 0) is 12.0 Å². The number of nitrogens with one attached hydrogen (secondary N) is 1. The van der Waals surface area contributed by atoms with Crippen molar-refractivity contribution < 1.29 is 5.11 Å². The normalized spacial score (nSPS) is 13.9. The Balaban J connectivity index is 1.79. The third-order valence-electron chi connectivity index (χ3n) is 3.37. The van der Waals surface area contributed by atoms with Crippen molar-refractivity contribution in [3.05, 3.63) is 70.7 Å². The van der Waals surface area contributed by atoms with Crippen molar-refractivity contribution in [2.24, 2.45) is 0 Å². The third-order valence-corrected chi connectivity index (χ3v) is 3.62. The number of hydrogen-bond acceptors (Lipinski definition) is 2. The minimum Gasteiger partial charge on any atom is -0.384 e. The summed E-state index contributed by atoms with van der Waals surface area (Å²) in [5, 5.41) is 14.5. The SMILES string of the molecule is CC(O)(CNCCc1ccc(Cl)cc1)c1ccccc1. The first-order chi connectivity index (χ1) is 9.58. The quantitative estimate of drug-likeness (QED) is 0.799. The summed E-state index contributed by atoms with van der Waals surface area (Å²) in [7, 11) is 0. The van der Waals surface area contributed by atoms with Crippen LogP contribution in [0.5, 0.6) is 0 Å². The molecule has 0 amide bonds. The molecule has 0 spiro atoms. The highest BCUT2D eigenvalue weighted by Gasteiger charge is 2.21. The zero-order valence-corrected chi connectivity index (χ0v) is 12.4. The van der Waals surface area contributed by atoms with E-state index in [1.807, 2.05) is 61.5 Å². The van der Waals surface area contributed by atoms with Gasteiger partial charge in [-0.3, -0.25) is 0 Å². The highest BCUT2D eigenvalue weighted by Crippen LogP contribution is 2.18. The van der Waals surface area contributed by atoms with Crippen LogP contribution in [0.2, 0.25) is 5.02 Å². The molecule has 0 aliphatic heterocycles. The van der Waals surface area contributed by atoms with E-state index in [1.54, 1.807) is 0 Å². The average molecular weight is 290 g/mol. The topological polar surface area (TPSA) is 32.3 Å². The van der Waals surface area contributed by atoms with Gasteiger partial charge in [-0.25, -0.2) is 0 Å². The molecule has 2 nitrogen and oxygen atoms in total. The Kier molecular flexibility index (Phi) is 5.18. The van der Waals surface area contributed by atoms with Gasteiger partial charge in [0.1, 0.15) is 0 Å². The molecule has 0 bridgehead atoms. The molecular formula is C17H20ClNO. The van der Waals surface area contributed by atoms with Gasteiger partial charge in [0.15, 0.2) is 0 Å². The standard InChI is InChI=1S/C17H20ClNO/c1-17(20,15-5-3-2-4-6-15)13-19-12-11-14-7-9-16(18)10-8-14/h2-10,19-20H,11-13H2,1H3. The molecule has 1 atom stereocenters. The van der Waals surface area contributed by atoms with Crippen molar-refractivity contribution in [3.8, 4) is 0 Å². The first-order valence-electron chi connectivity index (χ1n) is 6.81. The van der Waals surface area contributed by atoms with E-state index < -0.39 is 5.60 Å². The number of benzene rings is 2. The molecule has 0 aliphatic carbocycles. The van der Waals surface area contributed by atoms with Gasteiger partial charge in [0.05, 0.1) is 5.60 Å². The van der Waals surface area contributed by atoms with Gasteiger partial charge >= 0.3 is 0 Å². The van der Waals surface area contributed by atoms with Crippen LogP contribution in [-0.4, -0.2) is 18.2 Å². The van der Waals surface area contributed by atoms with Gasteiger partial charge in [-0.15, -0.1) is 0 Å². The van der Waals surface area contributed by atoms with Crippen molar-refractivity contribution in [2.75, 3.05) is 13.1 Å². The van der Waals surface area contributed by atoms with Gasteiger partial charge in [0, 0.05) is 11.6 Å². The van der Waals surface area contributed by atoms with Gasteiger partial charge < -0.3 is 10.4 Å². The lowest BCUT2D eigenvalue weighted by Crippen LogP contribution is -2.36. The number of hydrogen-bond donors (Lipinski definition) is 2. The molecule has 2 rings (SSSR count). The molecule has 0 saturated heterocycles. The fraction of sp³-hybridized carbons (Fsp3) is 0.294. The maximum atomic E-state index is 10.4. The lowest BCUT2D eigenvalue weighted by atomic mass is 9.96. The maximum absolute atomic E-state index is 10.4. The summed E-state index contributed by atoms with van der Waals surface area (Å²) >= 11 is 5.85. The van der Waals surface area contributed by atoms with Crippen LogP contribution in [0.1, 0.15) is 18.1 Å². The smallest absolute Gasteiger partial charge is 0.0992 e. The van der Waals surface area contributed by atoms with E-state index >= 15 is 0 Å². The van der Waals surface area contributed by atoms with E-state index in [4.69, 9.17) is 11.6 Å². The van der Waals surface area contributed by atoms with E-state index in [0.717, 1.165) is 23.6 Å². The second-order valence-electron chi connectivity index (χ2n) is 5.19. The molecule has 0 fully saturated rings. The molecule has 2 N–H and O–H groups in total. The van der Waals surface area contributed by atoms with Gasteiger partial charge in [-0.05, 0) is 43.1 Å². The first kappa shape index (κ1) is 15.0. The van der Waals surface area contributed by atoms with E-state index in [2.05, 4.69) is 5.32 Å². The van der Waals surface area contributed by atoms with Crippen LogP contribution in [0.25, 0.3) is 0 Å². The maximum Gasteiger partial charge on any atom is 0.0992 e. The second kappa shape index (κ2) is 6.89. The Hall–Kier alpha value is -1.35. The molecule has 0 heterocycles. The summed E-state index contributed by atoms with van der Waals surface area (Å²) in [6.45, 7) is 3.19. The zero-order chi connectivity index (χ0) is 14.4. The average Bonchev–Trinajstić information content (AvgIpc) is 2.46. The molecule has 0 aromatic heterocycles. The highest BCUT2D eigenvalue weighted by molar-refractivity contribution is 6.30. The van der Waals surface area contributed by atoms with Crippen molar-refractivity contribution in [1.29, 1.82) is 0 Å². The predicted octanol–water partition coefficient (Wildman–Crippen LogP) is 3.38. The zero-order valence-electron chi connectivity index (χ0n) is 11.6. The number of halogens is 1. The summed E-state index contributed by atoms with van der Waals surface area (Å²) in [5.41, 5.74) is 1.32. The lowest BCUT2D eigenvalue weighted by molar-refractivity contribution is 0.0573. The van der Waals surface area contributed by atoms with Gasteiger partial charge in [0.2, 0.25) is 0 Å². The number of aliphatic hydroxyl groups is 1. The summed E-state index contributed by atoms with van der Waals surface area (Å²) in [6.07, 6.45) is 0.919. The first-order valence-corrected chi connectivity index (χ1v) is 7.19. The summed E-state index contributed by atoms with van der Waals surface area (Å²) in [5.74, 6) is 0. The monoisotopic (exact) mass is 289 g/mol. The van der Waals surface area contributed by atoms with E-state index in [-0.39, 0.29) is 0 Å². The fourth-order valence-corrected chi connectivity index (χ4v) is 2.24. The Morgan fingerprint density at radius 3 is 2.35 bits per heavy atom. The van der Waals surface area contributed by atoms with E-state index in [1.165, 1.54) is 5.56 Å². The van der Waals surface area contributed by atoms with Crippen LogP contribution in [0.15, 0.2) is 54.6 Å². The molecule has 0 radical (unpaired) electrons. The predicted molar refractivity (Wildman–Crippen MR) is 84.0 cm³/mol. The Bertz CT molecular complexity index is 522. The van der Waals surface area contributed by atoms with Gasteiger partial charge in [-0.1, -0.05) is 54.1 Å². The van der Waals surface area contributed by atoms with Gasteiger partial charge in [-0.2, -0.15) is 0 Å². The molecule has 1 unspecified atom stereocenters. The fourth-order valence-electron chi connectivity index (χ4n) is 2.11. The molecule has 20 heavy (non-hydrogen) atoms. The Labute approximate surface area is 125 Å². The minimum atomic E-state index is -0.846. The largest absolute Gasteiger partial charge is 0.384 e.